The Bertz CT molecular complexity index is 1270. The van der Waals surface area contributed by atoms with Gasteiger partial charge in [-0.05, 0) is 29.7 Å². The molecule has 1 N–H and O–H groups in total. The molecule has 3 aromatic rings. The van der Waals surface area contributed by atoms with Gasteiger partial charge in [-0.2, -0.15) is 19.7 Å². The van der Waals surface area contributed by atoms with E-state index in [1.165, 1.54) is 13.1 Å². The number of anilines is 1. The van der Waals surface area contributed by atoms with Gasteiger partial charge in [0.2, 0.25) is 5.28 Å². The largest absolute Gasteiger partial charge is 0.415 e. The van der Waals surface area contributed by atoms with Crippen LogP contribution in [-0.4, -0.2) is 90.2 Å². The van der Waals surface area contributed by atoms with Crippen molar-refractivity contribution in [1.29, 1.82) is 0 Å². The second-order valence-electron chi connectivity index (χ2n) is 8.52. The lowest BCUT2D eigenvalue weighted by Crippen LogP contribution is -2.29. The van der Waals surface area contributed by atoms with Gasteiger partial charge in [0.15, 0.2) is 5.65 Å². The summed E-state index contributed by atoms with van der Waals surface area (Å²) in [5.74, 6) is 2.23. The van der Waals surface area contributed by atoms with E-state index < -0.39 is 12.4 Å². The normalized spacial score (nSPS) is 11.9. The number of nitrogens with zero attached hydrogens (tertiary/aromatic N) is 5. The smallest absolute Gasteiger partial charge is 0.306 e. The minimum Gasteiger partial charge on any atom is -0.415 e. The van der Waals surface area contributed by atoms with Gasteiger partial charge in [-0.15, -0.1) is 6.42 Å². The van der Waals surface area contributed by atoms with Crippen molar-refractivity contribution in [3.05, 3.63) is 46.9 Å². The number of fused-ring (bicyclic) bond motifs is 1. The first-order valence-corrected chi connectivity index (χ1v) is 13.1. The summed E-state index contributed by atoms with van der Waals surface area (Å²) in [7, 11) is 0. The molecule has 12 nitrogen and oxygen atoms in total. The number of ether oxygens (including phenoxy) is 5. The van der Waals surface area contributed by atoms with Crippen LogP contribution in [0.25, 0.3) is 11.0 Å². The number of aliphatic hydroxyl groups excluding tert-OH is 1. The number of aryl methyl sites for hydroxylation is 1. The van der Waals surface area contributed by atoms with E-state index in [-0.39, 0.29) is 17.5 Å². The Morgan fingerprint density at radius 3 is 2.38 bits per heavy atom. The second-order valence-corrected chi connectivity index (χ2v) is 8.86. The molecule has 2 aromatic heterocycles. The number of halogens is 1. The van der Waals surface area contributed by atoms with Crippen LogP contribution in [0.4, 0.5) is 5.82 Å². The molecule has 1 atom stereocenters. The Kier molecular flexibility index (Phi) is 13.0. The fraction of sp³-hybridized carbons (Fsp3) is 0.481. The van der Waals surface area contributed by atoms with Gasteiger partial charge >= 0.3 is 12.4 Å². The summed E-state index contributed by atoms with van der Waals surface area (Å²) in [5, 5.41) is 14.9. The lowest BCUT2D eigenvalue weighted by molar-refractivity contribution is -0.183. The third-order valence-corrected chi connectivity index (χ3v) is 5.78. The fourth-order valence-electron chi connectivity index (χ4n) is 3.70. The van der Waals surface area contributed by atoms with Gasteiger partial charge in [0.25, 0.3) is 0 Å². The van der Waals surface area contributed by atoms with Gasteiger partial charge in [-0.25, -0.2) is 0 Å². The first-order chi connectivity index (χ1) is 19.4. The SMILES string of the molecule is C#CCOCCOCCOCCOCCN(Cc1ccccc1C)c1nc(Cl)nc2c1cnn2C(O)OC(C)=O. The number of hydrogen-bond acceptors (Lipinski definition) is 11. The molecule has 0 aliphatic carbocycles. The van der Waals surface area contributed by atoms with E-state index in [1.807, 2.05) is 36.1 Å². The van der Waals surface area contributed by atoms with E-state index in [9.17, 15) is 9.90 Å². The summed E-state index contributed by atoms with van der Waals surface area (Å²) in [6.45, 7) is 7.47. The quantitative estimate of drug-likeness (QED) is 0.0789. The van der Waals surface area contributed by atoms with Crippen molar-refractivity contribution >= 4 is 34.4 Å². The van der Waals surface area contributed by atoms with Crippen molar-refractivity contribution in [1.82, 2.24) is 19.7 Å². The van der Waals surface area contributed by atoms with Crippen molar-refractivity contribution in [2.75, 3.05) is 64.3 Å². The molecule has 0 spiro atoms. The lowest BCUT2D eigenvalue weighted by Gasteiger charge is -2.25. The Morgan fingerprint density at radius 1 is 1.07 bits per heavy atom. The zero-order valence-electron chi connectivity index (χ0n) is 22.6. The Labute approximate surface area is 238 Å². The third-order valence-electron chi connectivity index (χ3n) is 5.62. The van der Waals surface area contributed by atoms with Crippen LogP contribution in [0, 0.1) is 19.3 Å². The maximum atomic E-state index is 11.3. The Morgan fingerprint density at radius 2 is 1.73 bits per heavy atom. The molecule has 40 heavy (non-hydrogen) atoms. The van der Waals surface area contributed by atoms with Crippen molar-refractivity contribution in [2.24, 2.45) is 0 Å². The fourth-order valence-corrected chi connectivity index (χ4v) is 3.86. The van der Waals surface area contributed by atoms with Gasteiger partial charge in [0.05, 0.1) is 57.8 Å². The summed E-state index contributed by atoms with van der Waals surface area (Å²) in [4.78, 5) is 22.0. The van der Waals surface area contributed by atoms with Gasteiger partial charge in [-0.1, -0.05) is 30.2 Å². The van der Waals surface area contributed by atoms with E-state index in [2.05, 4.69) is 21.0 Å². The molecule has 0 bridgehead atoms. The highest BCUT2D eigenvalue weighted by Gasteiger charge is 2.22. The minimum atomic E-state index is -1.66. The maximum Gasteiger partial charge on any atom is 0.306 e. The zero-order valence-corrected chi connectivity index (χ0v) is 23.4. The van der Waals surface area contributed by atoms with Crippen molar-refractivity contribution in [3.63, 3.8) is 0 Å². The van der Waals surface area contributed by atoms with E-state index >= 15 is 0 Å². The highest BCUT2D eigenvalue weighted by atomic mass is 35.5. The van der Waals surface area contributed by atoms with Crippen LogP contribution < -0.4 is 4.90 Å². The number of benzene rings is 1. The average molecular weight is 576 g/mol. The number of carbonyl (C=O) groups excluding carboxylic acids is 1. The van der Waals surface area contributed by atoms with Crippen LogP contribution in [0.5, 0.6) is 0 Å². The summed E-state index contributed by atoms with van der Waals surface area (Å²) in [5.41, 5.74) is 2.42. The molecule has 0 saturated carbocycles. The summed E-state index contributed by atoms with van der Waals surface area (Å²) in [6, 6.07) is 8.02. The first-order valence-electron chi connectivity index (χ1n) is 12.7. The maximum absolute atomic E-state index is 11.3. The zero-order chi connectivity index (χ0) is 28.7. The monoisotopic (exact) mass is 575 g/mol. The molecule has 0 radical (unpaired) electrons. The molecule has 216 valence electrons. The molecular weight excluding hydrogens is 542 g/mol. The average Bonchev–Trinajstić information content (AvgIpc) is 3.35. The highest BCUT2D eigenvalue weighted by Crippen LogP contribution is 2.28. The predicted molar refractivity (Wildman–Crippen MR) is 148 cm³/mol. The summed E-state index contributed by atoms with van der Waals surface area (Å²) < 4.78 is 27.8. The number of carbonyl (C=O) groups is 1. The molecule has 0 aliphatic heterocycles. The molecule has 0 aliphatic rings. The number of rotatable bonds is 18. The number of aliphatic hydroxyl groups is 1. The molecule has 2 heterocycles. The molecule has 0 saturated heterocycles. The Balaban J connectivity index is 1.61. The van der Waals surface area contributed by atoms with Gasteiger partial charge in [-0.3, -0.25) is 4.79 Å². The van der Waals surface area contributed by atoms with E-state index in [4.69, 9.17) is 41.7 Å². The lowest BCUT2D eigenvalue weighted by atomic mass is 10.1. The van der Waals surface area contributed by atoms with Crippen LogP contribution in [0.15, 0.2) is 30.5 Å². The molecule has 0 amide bonds. The molecule has 0 fully saturated rings. The standard InChI is InChI=1S/C27H34ClN5O7/c1-4-10-36-12-14-38-16-17-39-15-13-37-11-9-32(19-22-8-6-5-7-20(22)2)24-23-18-29-33(27(35)40-21(3)34)25(23)31-26(28)30-24/h1,5-8,18,27,35H,9-17,19H2,2-3H3. The van der Waals surface area contributed by atoms with Crippen LogP contribution in [-0.2, 0) is 35.0 Å². The minimum absolute atomic E-state index is 0.0480. The topological polar surface area (TPSA) is 130 Å². The summed E-state index contributed by atoms with van der Waals surface area (Å²) >= 11 is 6.28. The summed E-state index contributed by atoms with van der Waals surface area (Å²) in [6.07, 6.45) is 4.95. The van der Waals surface area contributed by atoms with Crippen molar-refractivity contribution < 1.29 is 33.6 Å². The first kappa shape index (κ1) is 31.2. The molecule has 13 heteroatoms. The number of hydrogen-bond donors (Lipinski definition) is 1. The third kappa shape index (κ3) is 9.71. The Hall–Kier alpha value is -3.31. The van der Waals surface area contributed by atoms with E-state index in [1.54, 1.807) is 0 Å². The molecule has 1 unspecified atom stereocenters. The van der Waals surface area contributed by atoms with Gasteiger partial charge < -0.3 is 33.7 Å². The molecular formula is C27H34ClN5O7. The van der Waals surface area contributed by atoms with Crippen molar-refractivity contribution in [2.45, 2.75) is 26.8 Å². The van der Waals surface area contributed by atoms with E-state index in [0.717, 1.165) is 15.8 Å². The van der Waals surface area contributed by atoms with Crippen LogP contribution >= 0.6 is 11.6 Å². The number of terminal acetylenes is 1. The predicted octanol–water partition coefficient (Wildman–Crippen LogP) is 2.51. The van der Waals surface area contributed by atoms with Crippen LogP contribution in [0.3, 0.4) is 0 Å². The van der Waals surface area contributed by atoms with Crippen molar-refractivity contribution in [3.8, 4) is 12.3 Å². The highest BCUT2D eigenvalue weighted by molar-refractivity contribution is 6.28. The number of aromatic nitrogens is 4. The number of esters is 1. The second kappa shape index (κ2) is 16.7. The van der Waals surface area contributed by atoms with Gasteiger partial charge in [0, 0.05) is 20.0 Å². The molecule has 3 rings (SSSR count). The van der Waals surface area contributed by atoms with Crippen LogP contribution in [0.1, 0.15) is 24.5 Å². The van der Waals surface area contributed by atoms with Gasteiger partial charge in [0.1, 0.15) is 12.4 Å². The van der Waals surface area contributed by atoms with Crippen LogP contribution in [0.2, 0.25) is 5.28 Å². The molecule has 1 aromatic carbocycles. The van der Waals surface area contributed by atoms with E-state index in [0.29, 0.717) is 70.5 Å².